The van der Waals surface area contributed by atoms with Gasteiger partial charge in [0.2, 0.25) is 0 Å². The van der Waals surface area contributed by atoms with E-state index in [2.05, 4.69) is 171 Å². The molecule has 0 heterocycles. The highest BCUT2D eigenvalue weighted by Gasteiger charge is 2.49. The highest BCUT2D eigenvalue weighted by Crippen LogP contribution is 2.53. The van der Waals surface area contributed by atoms with Gasteiger partial charge in [-0.2, -0.15) is 5.09 Å². The molecule has 1 atom stereocenters. The zero-order chi connectivity index (χ0) is 26.4. The zero-order valence-electron chi connectivity index (χ0n) is 22.8. The lowest BCUT2D eigenvalue weighted by Gasteiger charge is -2.34. The summed E-state index contributed by atoms with van der Waals surface area (Å²) in [7, 11) is -2.99. The van der Waals surface area contributed by atoms with Gasteiger partial charge in [0.15, 0.2) is 7.41 Å². The van der Waals surface area contributed by atoms with Gasteiger partial charge in [0.25, 0.3) is 0 Å². The van der Waals surface area contributed by atoms with Crippen molar-refractivity contribution in [2.45, 2.75) is 26.8 Å². The van der Waals surface area contributed by atoms with Crippen LogP contribution >= 0.6 is 15.3 Å². The van der Waals surface area contributed by atoms with Crippen LogP contribution in [0.3, 0.4) is 0 Å². The Bertz CT molecular complexity index is 1350. The summed E-state index contributed by atoms with van der Waals surface area (Å²) in [6.45, 7) is 6.97. The van der Waals surface area contributed by atoms with Crippen molar-refractivity contribution < 1.29 is 12.4 Å². The molecule has 0 radical (unpaired) electrons. The average molecular weight is 568 g/mol. The van der Waals surface area contributed by atoms with E-state index in [4.69, 9.17) is 0 Å². The predicted octanol–water partition coefficient (Wildman–Crippen LogP) is 3.29. The SMILES string of the molecule is CC(C)[C@@H](C)N[P+](c1ccccc1)(c1ccccc1)c1ccccc1P(c1ccccc1)c1ccccc1.[Cl-]. The molecule has 198 valence electrons. The zero-order valence-corrected chi connectivity index (χ0v) is 25.3. The molecule has 0 aromatic heterocycles. The van der Waals surface area contributed by atoms with E-state index in [1.807, 2.05) is 0 Å². The maximum absolute atomic E-state index is 4.30. The Balaban J connectivity index is 0.00000353. The van der Waals surface area contributed by atoms with Gasteiger partial charge < -0.3 is 12.4 Å². The van der Waals surface area contributed by atoms with Gasteiger partial charge in [0.05, 0.1) is 0 Å². The Morgan fingerprint density at radius 1 is 0.513 bits per heavy atom. The topological polar surface area (TPSA) is 12.0 Å². The molecule has 0 aliphatic carbocycles. The maximum atomic E-state index is 4.30. The lowest BCUT2D eigenvalue weighted by atomic mass is 10.1. The molecule has 1 nitrogen and oxygen atoms in total. The first-order valence-corrected chi connectivity index (χ1v) is 16.5. The molecule has 0 amide bonds. The van der Waals surface area contributed by atoms with Crippen LogP contribution in [-0.2, 0) is 0 Å². The van der Waals surface area contributed by atoms with Crippen LogP contribution in [0.4, 0.5) is 0 Å². The van der Waals surface area contributed by atoms with Gasteiger partial charge in [0.1, 0.15) is 15.9 Å². The second-order valence-corrected chi connectivity index (χ2v) is 15.3. The van der Waals surface area contributed by atoms with Crippen LogP contribution in [0.2, 0.25) is 0 Å². The van der Waals surface area contributed by atoms with Gasteiger partial charge >= 0.3 is 0 Å². The summed E-state index contributed by atoms with van der Waals surface area (Å²) in [5.74, 6) is 0.499. The third-order valence-electron chi connectivity index (χ3n) is 7.20. The summed E-state index contributed by atoms with van der Waals surface area (Å²) in [6, 6.07) is 54.0. The van der Waals surface area contributed by atoms with Crippen molar-refractivity contribution >= 4 is 47.2 Å². The van der Waals surface area contributed by atoms with Crippen LogP contribution in [0.5, 0.6) is 0 Å². The van der Waals surface area contributed by atoms with Crippen molar-refractivity contribution in [3.05, 3.63) is 146 Å². The van der Waals surface area contributed by atoms with Crippen molar-refractivity contribution in [1.82, 2.24) is 5.09 Å². The van der Waals surface area contributed by atoms with Gasteiger partial charge in [-0.1, -0.05) is 123 Å². The minimum atomic E-state index is -2.23. The molecular formula is C35H36ClNP2. The molecule has 5 aromatic rings. The number of rotatable bonds is 9. The van der Waals surface area contributed by atoms with E-state index in [0.717, 1.165) is 0 Å². The van der Waals surface area contributed by atoms with E-state index in [1.165, 1.54) is 31.8 Å². The second-order valence-electron chi connectivity index (χ2n) is 10.00. The fourth-order valence-electron chi connectivity index (χ4n) is 4.92. The average Bonchev–Trinajstić information content (AvgIpc) is 2.98. The first-order chi connectivity index (χ1) is 18.6. The van der Waals surface area contributed by atoms with Crippen molar-refractivity contribution in [2.24, 2.45) is 5.92 Å². The Morgan fingerprint density at radius 3 is 1.33 bits per heavy atom. The number of nitrogens with one attached hydrogen (secondary N) is 1. The van der Waals surface area contributed by atoms with Gasteiger partial charge in [-0.25, -0.2) is 0 Å². The van der Waals surface area contributed by atoms with Crippen LogP contribution in [-0.4, -0.2) is 6.04 Å². The van der Waals surface area contributed by atoms with Gasteiger partial charge in [0, 0.05) is 11.3 Å². The summed E-state index contributed by atoms with van der Waals surface area (Å²) in [5.41, 5.74) is 0. The Hall–Kier alpha value is -2.79. The van der Waals surface area contributed by atoms with Gasteiger partial charge in [-0.15, -0.1) is 0 Å². The fourth-order valence-corrected chi connectivity index (χ4v) is 12.2. The maximum Gasteiger partial charge on any atom is 0.179 e. The van der Waals surface area contributed by atoms with Gasteiger partial charge in [-0.05, 0) is 67.8 Å². The lowest BCUT2D eigenvalue weighted by Crippen LogP contribution is -3.00. The molecule has 5 rings (SSSR count). The number of hydrogen-bond donors (Lipinski definition) is 1. The molecule has 0 aliphatic heterocycles. The monoisotopic (exact) mass is 567 g/mol. The number of hydrogen-bond acceptors (Lipinski definition) is 1. The number of halogens is 1. The van der Waals surface area contributed by atoms with Crippen LogP contribution < -0.4 is 49.3 Å². The molecule has 4 heteroatoms. The highest BCUT2D eigenvalue weighted by molar-refractivity contribution is 7.96. The molecule has 0 saturated carbocycles. The first-order valence-electron chi connectivity index (χ1n) is 13.4. The molecule has 0 saturated heterocycles. The molecule has 0 spiro atoms. The summed E-state index contributed by atoms with van der Waals surface area (Å²) < 4.78 is 0. The smallest absolute Gasteiger partial charge is 0.179 e. The van der Waals surface area contributed by atoms with Gasteiger partial charge in [-0.3, -0.25) is 0 Å². The second kappa shape index (κ2) is 13.5. The van der Waals surface area contributed by atoms with Crippen molar-refractivity contribution in [1.29, 1.82) is 0 Å². The molecular weight excluding hydrogens is 532 g/mol. The largest absolute Gasteiger partial charge is 1.00 e. The van der Waals surface area contributed by atoms with Crippen LogP contribution in [0.25, 0.3) is 0 Å². The quantitative estimate of drug-likeness (QED) is 0.270. The van der Waals surface area contributed by atoms with Crippen LogP contribution in [0, 0.1) is 5.92 Å². The third-order valence-corrected chi connectivity index (χ3v) is 13.9. The Kier molecular flexibility index (Phi) is 10.1. The van der Waals surface area contributed by atoms with E-state index < -0.39 is 15.3 Å². The Morgan fingerprint density at radius 2 is 0.897 bits per heavy atom. The number of benzene rings is 5. The van der Waals surface area contributed by atoms with E-state index >= 15 is 0 Å². The van der Waals surface area contributed by atoms with Crippen molar-refractivity contribution in [3.8, 4) is 0 Å². The lowest BCUT2D eigenvalue weighted by molar-refractivity contribution is -0.00000756. The molecule has 5 aromatic carbocycles. The van der Waals surface area contributed by atoms with Crippen molar-refractivity contribution in [3.63, 3.8) is 0 Å². The highest BCUT2D eigenvalue weighted by atomic mass is 35.5. The Labute approximate surface area is 242 Å². The third kappa shape index (κ3) is 6.19. The molecule has 0 unspecified atom stereocenters. The minimum Gasteiger partial charge on any atom is -1.00 e. The summed E-state index contributed by atoms with van der Waals surface area (Å²) >= 11 is 0. The van der Waals surface area contributed by atoms with E-state index in [-0.39, 0.29) is 12.4 Å². The van der Waals surface area contributed by atoms with E-state index in [1.54, 1.807) is 0 Å². The fraction of sp³-hybridized carbons (Fsp3) is 0.143. The van der Waals surface area contributed by atoms with Crippen LogP contribution in [0.1, 0.15) is 20.8 Å². The molecule has 0 fully saturated rings. The van der Waals surface area contributed by atoms with E-state index in [0.29, 0.717) is 12.0 Å². The van der Waals surface area contributed by atoms with E-state index in [9.17, 15) is 0 Å². The predicted molar refractivity (Wildman–Crippen MR) is 171 cm³/mol. The normalized spacial score (nSPS) is 12.2. The standard InChI is InChI=1S/C35H36NP2.ClH/c1-28(2)29(3)36-38(32-22-12-6-13-23-32,33-24-14-7-15-25-33)35-27-17-16-26-34(35)37(30-18-8-4-9-19-30)31-20-10-5-11-21-31;/h4-29,36H,1-3H3;1H/q+1;/p-1/t29-;/m1./s1. The van der Waals surface area contributed by atoms with Crippen molar-refractivity contribution in [2.75, 3.05) is 0 Å². The molecule has 39 heavy (non-hydrogen) atoms. The first kappa shape index (κ1) is 29.2. The molecule has 1 N–H and O–H groups in total. The molecule has 0 aliphatic rings. The van der Waals surface area contributed by atoms with Crippen LogP contribution in [0.15, 0.2) is 146 Å². The summed E-state index contributed by atoms with van der Waals surface area (Å²) in [6.07, 6.45) is 0. The summed E-state index contributed by atoms with van der Waals surface area (Å²) in [4.78, 5) is 0. The molecule has 0 bridgehead atoms. The summed E-state index contributed by atoms with van der Waals surface area (Å²) in [5, 5.41) is 12.6. The minimum absolute atomic E-state index is 0.